The van der Waals surface area contributed by atoms with E-state index in [-0.39, 0.29) is 5.69 Å². The molecule has 21 heavy (non-hydrogen) atoms. The molecular formula is C13H17N5O3. The van der Waals surface area contributed by atoms with Crippen LogP contribution in [-0.4, -0.2) is 33.6 Å². The molecule has 1 aromatic heterocycles. The lowest BCUT2D eigenvalue weighted by molar-refractivity contribution is -0.384. The van der Waals surface area contributed by atoms with Crippen molar-refractivity contribution in [3.63, 3.8) is 0 Å². The lowest BCUT2D eigenvalue weighted by Gasteiger charge is -2.04. The molecule has 0 saturated carbocycles. The normalized spacial score (nSPS) is 10.6. The zero-order chi connectivity index (χ0) is 15.2. The van der Waals surface area contributed by atoms with Gasteiger partial charge in [-0.25, -0.2) is 4.68 Å². The molecule has 0 atom stereocenters. The highest BCUT2D eigenvalue weighted by Gasteiger charge is 2.18. The number of ether oxygens (including phenoxy) is 1. The van der Waals surface area contributed by atoms with Crippen LogP contribution in [0.1, 0.15) is 18.5 Å². The van der Waals surface area contributed by atoms with Crippen molar-refractivity contribution in [2.75, 3.05) is 13.7 Å². The maximum Gasteiger partial charge on any atom is 0.298 e. The standard InChI is InChI=1S/C13H17N5O3/c1-21-11-5-6-12(13(8-11)18(19)20)17-9-10(15-16-17)4-2-3-7-14/h5-6,8-9H,2-4,7,14H2,1H3. The number of unbranched alkanes of at least 4 members (excludes halogenated alkanes) is 1. The molecule has 0 aliphatic rings. The first-order valence-electron chi connectivity index (χ1n) is 6.60. The maximum absolute atomic E-state index is 11.2. The van der Waals surface area contributed by atoms with Crippen molar-refractivity contribution in [2.45, 2.75) is 19.3 Å². The van der Waals surface area contributed by atoms with Gasteiger partial charge in [0.15, 0.2) is 0 Å². The van der Waals surface area contributed by atoms with Gasteiger partial charge < -0.3 is 10.5 Å². The van der Waals surface area contributed by atoms with Crippen LogP contribution >= 0.6 is 0 Å². The molecule has 1 aromatic carbocycles. The Hall–Kier alpha value is -2.48. The molecule has 2 aromatic rings. The predicted molar refractivity (Wildman–Crippen MR) is 76.6 cm³/mol. The summed E-state index contributed by atoms with van der Waals surface area (Å²) in [5, 5.41) is 19.1. The van der Waals surface area contributed by atoms with E-state index in [1.54, 1.807) is 18.3 Å². The lowest BCUT2D eigenvalue weighted by atomic mass is 10.2. The second-order valence-corrected chi connectivity index (χ2v) is 4.51. The third-order valence-electron chi connectivity index (χ3n) is 3.05. The summed E-state index contributed by atoms with van der Waals surface area (Å²) in [7, 11) is 1.46. The highest BCUT2D eigenvalue weighted by atomic mass is 16.6. The summed E-state index contributed by atoms with van der Waals surface area (Å²) >= 11 is 0. The fourth-order valence-corrected chi connectivity index (χ4v) is 1.95. The molecule has 112 valence electrons. The van der Waals surface area contributed by atoms with Crippen molar-refractivity contribution in [2.24, 2.45) is 5.73 Å². The van der Waals surface area contributed by atoms with E-state index in [0.29, 0.717) is 18.0 Å². The average molecular weight is 291 g/mol. The van der Waals surface area contributed by atoms with Crippen LogP contribution in [-0.2, 0) is 6.42 Å². The SMILES string of the molecule is COc1ccc(-n2cc(CCCCN)nn2)c([N+](=O)[O-])c1. The van der Waals surface area contributed by atoms with E-state index in [1.807, 2.05) is 0 Å². The Balaban J connectivity index is 2.27. The van der Waals surface area contributed by atoms with Crippen molar-refractivity contribution < 1.29 is 9.66 Å². The first-order valence-corrected chi connectivity index (χ1v) is 6.60. The van der Waals surface area contributed by atoms with Crippen LogP contribution in [0, 0.1) is 10.1 Å². The zero-order valence-electron chi connectivity index (χ0n) is 11.7. The first kappa shape index (κ1) is 14.9. The third kappa shape index (κ3) is 3.54. The topological polar surface area (TPSA) is 109 Å². The molecule has 0 amide bonds. The molecular weight excluding hydrogens is 274 g/mol. The van der Waals surface area contributed by atoms with E-state index in [9.17, 15) is 10.1 Å². The number of nitro groups is 1. The monoisotopic (exact) mass is 291 g/mol. The number of hydrogen-bond acceptors (Lipinski definition) is 6. The van der Waals surface area contributed by atoms with Gasteiger partial charge >= 0.3 is 0 Å². The van der Waals surface area contributed by atoms with Crippen LogP contribution in [0.4, 0.5) is 5.69 Å². The van der Waals surface area contributed by atoms with Gasteiger partial charge in [-0.05, 0) is 37.9 Å². The molecule has 0 saturated heterocycles. The van der Waals surface area contributed by atoms with Gasteiger partial charge in [-0.2, -0.15) is 0 Å². The van der Waals surface area contributed by atoms with Crippen LogP contribution in [0.2, 0.25) is 0 Å². The number of nitro benzene ring substituents is 1. The average Bonchev–Trinajstić information content (AvgIpc) is 2.95. The summed E-state index contributed by atoms with van der Waals surface area (Å²) < 4.78 is 6.42. The molecule has 0 fully saturated rings. The van der Waals surface area contributed by atoms with Crippen LogP contribution in [0.5, 0.6) is 5.75 Å². The minimum absolute atomic E-state index is 0.0761. The minimum atomic E-state index is -0.465. The molecule has 0 aliphatic carbocycles. The van der Waals surface area contributed by atoms with Crippen molar-refractivity contribution in [3.8, 4) is 11.4 Å². The molecule has 8 nitrogen and oxygen atoms in total. The van der Waals surface area contributed by atoms with E-state index < -0.39 is 4.92 Å². The van der Waals surface area contributed by atoms with E-state index in [1.165, 1.54) is 17.9 Å². The number of rotatable bonds is 7. The fourth-order valence-electron chi connectivity index (χ4n) is 1.95. The van der Waals surface area contributed by atoms with E-state index >= 15 is 0 Å². The van der Waals surface area contributed by atoms with E-state index in [0.717, 1.165) is 25.0 Å². The number of methoxy groups -OCH3 is 1. The zero-order valence-corrected chi connectivity index (χ0v) is 11.7. The Kier molecular flexibility index (Phi) is 4.83. The van der Waals surface area contributed by atoms with Crippen LogP contribution in [0.15, 0.2) is 24.4 Å². The number of hydrogen-bond donors (Lipinski definition) is 1. The number of aromatic nitrogens is 3. The fraction of sp³-hybridized carbons (Fsp3) is 0.385. The van der Waals surface area contributed by atoms with E-state index in [2.05, 4.69) is 10.3 Å². The second kappa shape index (κ2) is 6.80. The van der Waals surface area contributed by atoms with Crippen LogP contribution < -0.4 is 10.5 Å². The summed E-state index contributed by atoms with van der Waals surface area (Å²) in [4.78, 5) is 10.7. The Labute approximate surface area is 121 Å². The largest absolute Gasteiger partial charge is 0.496 e. The predicted octanol–water partition coefficient (Wildman–Crippen LogP) is 1.47. The molecule has 2 N–H and O–H groups in total. The minimum Gasteiger partial charge on any atom is -0.496 e. The molecule has 0 unspecified atom stereocenters. The highest BCUT2D eigenvalue weighted by molar-refractivity contribution is 5.55. The van der Waals surface area contributed by atoms with Gasteiger partial charge in [0.1, 0.15) is 11.4 Å². The van der Waals surface area contributed by atoms with Gasteiger partial charge in [0.2, 0.25) is 0 Å². The molecule has 2 rings (SSSR count). The Morgan fingerprint density at radius 1 is 1.43 bits per heavy atom. The molecule has 0 radical (unpaired) electrons. The quantitative estimate of drug-likeness (QED) is 0.470. The summed E-state index contributed by atoms with van der Waals surface area (Å²) in [6, 6.07) is 4.61. The Morgan fingerprint density at radius 3 is 2.90 bits per heavy atom. The van der Waals surface area contributed by atoms with Gasteiger partial charge in [-0.3, -0.25) is 10.1 Å². The van der Waals surface area contributed by atoms with Crippen LogP contribution in [0.3, 0.4) is 0 Å². The van der Waals surface area contributed by atoms with Gasteiger partial charge in [0, 0.05) is 0 Å². The Bertz CT molecular complexity index is 626. The van der Waals surface area contributed by atoms with Gasteiger partial charge in [0.25, 0.3) is 5.69 Å². The first-order chi connectivity index (χ1) is 10.2. The molecule has 8 heteroatoms. The van der Waals surface area contributed by atoms with E-state index in [4.69, 9.17) is 10.5 Å². The van der Waals surface area contributed by atoms with Crippen LogP contribution in [0.25, 0.3) is 5.69 Å². The van der Waals surface area contributed by atoms with Gasteiger partial charge in [-0.15, -0.1) is 5.10 Å². The number of nitrogens with two attached hydrogens (primary N) is 1. The highest BCUT2D eigenvalue weighted by Crippen LogP contribution is 2.27. The number of aryl methyl sites for hydroxylation is 1. The second-order valence-electron chi connectivity index (χ2n) is 4.51. The molecule has 0 aliphatic heterocycles. The molecule has 1 heterocycles. The summed E-state index contributed by atoms with van der Waals surface area (Å²) in [5.74, 6) is 0.425. The van der Waals surface area contributed by atoms with Gasteiger partial charge in [-0.1, -0.05) is 5.21 Å². The molecule has 0 bridgehead atoms. The van der Waals surface area contributed by atoms with Crippen molar-refractivity contribution in [3.05, 3.63) is 40.2 Å². The van der Waals surface area contributed by atoms with Crippen molar-refractivity contribution in [1.29, 1.82) is 0 Å². The molecule has 0 spiro atoms. The van der Waals surface area contributed by atoms with Crippen molar-refractivity contribution in [1.82, 2.24) is 15.0 Å². The number of nitrogens with zero attached hydrogens (tertiary/aromatic N) is 4. The summed E-state index contributed by atoms with van der Waals surface area (Å²) in [6.07, 6.45) is 4.28. The summed E-state index contributed by atoms with van der Waals surface area (Å²) in [5.41, 5.74) is 6.51. The summed E-state index contributed by atoms with van der Waals surface area (Å²) in [6.45, 7) is 0.637. The third-order valence-corrected chi connectivity index (χ3v) is 3.05. The smallest absolute Gasteiger partial charge is 0.298 e. The van der Waals surface area contributed by atoms with Crippen molar-refractivity contribution >= 4 is 5.69 Å². The lowest BCUT2D eigenvalue weighted by Crippen LogP contribution is -2.01. The maximum atomic E-state index is 11.2. The number of benzene rings is 1. The Morgan fingerprint density at radius 2 is 2.24 bits per heavy atom. The van der Waals surface area contributed by atoms with Gasteiger partial charge in [0.05, 0.1) is 30.0 Å².